The van der Waals surface area contributed by atoms with E-state index in [1.807, 2.05) is 6.92 Å². The van der Waals surface area contributed by atoms with Crippen LogP contribution in [0.3, 0.4) is 0 Å². The van der Waals surface area contributed by atoms with Crippen molar-refractivity contribution in [3.63, 3.8) is 0 Å². The summed E-state index contributed by atoms with van der Waals surface area (Å²) in [6, 6.07) is 10.9. The molecule has 0 saturated heterocycles. The van der Waals surface area contributed by atoms with Gasteiger partial charge in [0.05, 0.1) is 6.54 Å². The van der Waals surface area contributed by atoms with Crippen molar-refractivity contribution < 1.29 is 4.42 Å². The summed E-state index contributed by atoms with van der Waals surface area (Å²) in [5.41, 5.74) is 3.93. The average Bonchev–Trinajstić information content (AvgIpc) is 2.79. The molecule has 3 nitrogen and oxygen atoms in total. The summed E-state index contributed by atoms with van der Waals surface area (Å²) in [4.78, 5) is 2.32. The van der Waals surface area contributed by atoms with Crippen molar-refractivity contribution in [1.82, 2.24) is 10.2 Å². The van der Waals surface area contributed by atoms with E-state index in [0.717, 1.165) is 37.7 Å². The summed E-state index contributed by atoms with van der Waals surface area (Å²) in [5, 5.41) is 3.30. The first kappa shape index (κ1) is 15.8. The molecule has 2 aromatic rings. The minimum absolute atomic E-state index is 0.805. The Hall–Kier alpha value is -1.58. The van der Waals surface area contributed by atoms with Crippen LogP contribution in [0.15, 0.2) is 34.7 Å². The second kappa shape index (κ2) is 7.43. The van der Waals surface area contributed by atoms with Gasteiger partial charge in [-0.05, 0) is 39.1 Å². The second-order valence-electron chi connectivity index (χ2n) is 5.73. The number of benzene rings is 1. The van der Waals surface area contributed by atoms with Crippen molar-refractivity contribution in [2.45, 2.75) is 40.4 Å². The second-order valence-corrected chi connectivity index (χ2v) is 5.73. The molecule has 114 valence electrons. The standard InChI is InChI=1S/C18H26N2O/c1-5-19-11-18-10-17(15(3)21-18)13-20(4)12-16-8-6-14(2)7-9-16/h6-10,19H,5,11-13H2,1-4H3. The Morgan fingerprint density at radius 2 is 1.81 bits per heavy atom. The van der Waals surface area contributed by atoms with Crippen LogP contribution >= 0.6 is 0 Å². The number of rotatable bonds is 7. The zero-order chi connectivity index (χ0) is 15.2. The molecule has 1 aromatic carbocycles. The van der Waals surface area contributed by atoms with Crippen molar-refractivity contribution in [1.29, 1.82) is 0 Å². The zero-order valence-electron chi connectivity index (χ0n) is 13.6. The van der Waals surface area contributed by atoms with Crippen LogP contribution in [0.2, 0.25) is 0 Å². The van der Waals surface area contributed by atoms with Gasteiger partial charge < -0.3 is 9.73 Å². The first-order chi connectivity index (χ1) is 10.1. The number of nitrogens with one attached hydrogen (secondary N) is 1. The molecule has 0 aliphatic rings. The number of nitrogens with zero attached hydrogens (tertiary/aromatic N) is 1. The minimum atomic E-state index is 0.805. The fraction of sp³-hybridized carbons (Fsp3) is 0.444. The van der Waals surface area contributed by atoms with Crippen molar-refractivity contribution in [2.24, 2.45) is 0 Å². The molecule has 1 N–H and O–H groups in total. The normalized spacial score (nSPS) is 11.3. The lowest BCUT2D eigenvalue weighted by atomic mass is 10.1. The molecule has 0 saturated carbocycles. The lowest BCUT2D eigenvalue weighted by Crippen LogP contribution is -2.17. The molecule has 2 rings (SSSR count). The van der Waals surface area contributed by atoms with Crippen LogP contribution in [-0.4, -0.2) is 18.5 Å². The van der Waals surface area contributed by atoms with Gasteiger partial charge in [-0.25, -0.2) is 0 Å². The predicted molar refractivity (Wildman–Crippen MR) is 87.2 cm³/mol. The van der Waals surface area contributed by atoms with E-state index in [-0.39, 0.29) is 0 Å². The fourth-order valence-corrected chi connectivity index (χ4v) is 2.43. The van der Waals surface area contributed by atoms with Gasteiger partial charge in [-0.15, -0.1) is 0 Å². The third kappa shape index (κ3) is 4.73. The molecule has 0 aliphatic heterocycles. The van der Waals surface area contributed by atoms with Gasteiger partial charge in [-0.1, -0.05) is 36.8 Å². The van der Waals surface area contributed by atoms with E-state index >= 15 is 0 Å². The Bertz CT molecular complexity index is 557. The summed E-state index contributed by atoms with van der Waals surface area (Å²) < 4.78 is 5.79. The molecular formula is C18H26N2O. The Morgan fingerprint density at radius 3 is 2.48 bits per heavy atom. The smallest absolute Gasteiger partial charge is 0.118 e. The topological polar surface area (TPSA) is 28.4 Å². The molecule has 3 heteroatoms. The van der Waals surface area contributed by atoms with Crippen molar-refractivity contribution in [2.75, 3.05) is 13.6 Å². The van der Waals surface area contributed by atoms with Crippen LogP contribution in [0.5, 0.6) is 0 Å². The molecular weight excluding hydrogens is 260 g/mol. The molecule has 21 heavy (non-hydrogen) atoms. The molecule has 1 aromatic heterocycles. The van der Waals surface area contributed by atoms with E-state index in [1.165, 1.54) is 16.7 Å². The highest BCUT2D eigenvalue weighted by atomic mass is 16.3. The molecule has 0 radical (unpaired) electrons. The van der Waals surface area contributed by atoms with Gasteiger partial charge in [0.15, 0.2) is 0 Å². The monoisotopic (exact) mass is 286 g/mol. The minimum Gasteiger partial charge on any atom is -0.465 e. The first-order valence-corrected chi connectivity index (χ1v) is 7.61. The van der Waals surface area contributed by atoms with Crippen molar-refractivity contribution >= 4 is 0 Å². The quantitative estimate of drug-likeness (QED) is 0.842. The Labute approximate surface area is 128 Å². The van der Waals surface area contributed by atoms with E-state index in [0.29, 0.717) is 0 Å². The first-order valence-electron chi connectivity index (χ1n) is 7.61. The molecule has 0 unspecified atom stereocenters. The molecule has 0 amide bonds. The summed E-state index contributed by atoms with van der Waals surface area (Å²) in [6.45, 7) is 9.90. The Kier molecular flexibility index (Phi) is 5.59. The average molecular weight is 286 g/mol. The maximum Gasteiger partial charge on any atom is 0.118 e. The summed E-state index contributed by atoms with van der Waals surface area (Å²) in [7, 11) is 2.15. The third-order valence-electron chi connectivity index (χ3n) is 3.63. The largest absolute Gasteiger partial charge is 0.465 e. The number of aryl methyl sites for hydroxylation is 2. The molecule has 0 atom stereocenters. The van der Waals surface area contributed by atoms with E-state index < -0.39 is 0 Å². The van der Waals surface area contributed by atoms with Gasteiger partial charge in [0.2, 0.25) is 0 Å². The number of hydrogen-bond acceptors (Lipinski definition) is 3. The van der Waals surface area contributed by atoms with Crippen LogP contribution in [0.25, 0.3) is 0 Å². The number of hydrogen-bond donors (Lipinski definition) is 1. The molecule has 0 spiro atoms. The molecule has 0 bridgehead atoms. The Balaban J connectivity index is 1.94. The summed E-state index contributed by atoms with van der Waals surface area (Å²) in [6.07, 6.45) is 0. The van der Waals surface area contributed by atoms with Crippen molar-refractivity contribution in [3.05, 3.63) is 58.5 Å². The molecule has 0 aliphatic carbocycles. The van der Waals surface area contributed by atoms with Gasteiger partial charge in [-0.2, -0.15) is 0 Å². The van der Waals surface area contributed by atoms with Gasteiger partial charge >= 0.3 is 0 Å². The molecule has 1 heterocycles. The maximum absolute atomic E-state index is 5.79. The highest BCUT2D eigenvalue weighted by Crippen LogP contribution is 2.17. The number of furan rings is 1. The predicted octanol–water partition coefficient (Wildman–Crippen LogP) is 3.64. The highest BCUT2D eigenvalue weighted by molar-refractivity contribution is 5.23. The van der Waals surface area contributed by atoms with Crippen LogP contribution in [0, 0.1) is 13.8 Å². The van der Waals surface area contributed by atoms with E-state index in [9.17, 15) is 0 Å². The van der Waals surface area contributed by atoms with E-state index in [2.05, 4.69) is 61.4 Å². The zero-order valence-corrected chi connectivity index (χ0v) is 13.6. The van der Waals surface area contributed by atoms with E-state index in [1.54, 1.807) is 0 Å². The lowest BCUT2D eigenvalue weighted by molar-refractivity contribution is 0.316. The third-order valence-corrected chi connectivity index (χ3v) is 3.63. The van der Waals surface area contributed by atoms with Gasteiger partial charge in [0.25, 0.3) is 0 Å². The van der Waals surface area contributed by atoms with Crippen molar-refractivity contribution in [3.8, 4) is 0 Å². The summed E-state index contributed by atoms with van der Waals surface area (Å²) >= 11 is 0. The highest BCUT2D eigenvalue weighted by Gasteiger charge is 2.10. The van der Waals surface area contributed by atoms with Gasteiger partial charge in [0.1, 0.15) is 11.5 Å². The SMILES string of the molecule is CCNCc1cc(CN(C)Cc2ccc(C)cc2)c(C)o1. The molecule has 0 fully saturated rings. The van der Waals surface area contributed by atoms with Crippen LogP contribution in [-0.2, 0) is 19.6 Å². The van der Waals surface area contributed by atoms with E-state index in [4.69, 9.17) is 4.42 Å². The maximum atomic E-state index is 5.79. The van der Waals surface area contributed by atoms with Gasteiger partial charge in [-0.3, -0.25) is 4.90 Å². The van der Waals surface area contributed by atoms with Crippen LogP contribution in [0.1, 0.15) is 35.1 Å². The lowest BCUT2D eigenvalue weighted by Gasteiger charge is -2.16. The van der Waals surface area contributed by atoms with Crippen LogP contribution < -0.4 is 5.32 Å². The fourth-order valence-electron chi connectivity index (χ4n) is 2.43. The van der Waals surface area contributed by atoms with Crippen LogP contribution in [0.4, 0.5) is 0 Å². The van der Waals surface area contributed by atoms with Gasteiger partial charge in [0, 0.05) is 18.7 Å². The Morgan fingerprint density at radius 1 is 1.10 bits per heavy atom. The summed E-state index contributed by atoms with van der Waals surface area (Å²) in [5.74, 6) is 2.05.